The first-order valence-electron chi connectivity index (χ1n) is 5.38. The van der Waals surface area contributed by atoms with E-state index in [-0.39, 0.29) is 48.6 Å². The monoisotopic (exact) mass is 207 g/mol. The number of aliphatic hydroxyl groups is 1. The molecule has 3 aliphatic rings. The van der Waals surface area contributed by atoms with Crippen LogP contribution in [0.3, 0.4) is 0 Å². The molecule has 1 aliphatic heterocycles. The van der Waals surface area contributed by atoms with Gasteiger partial charge in [0.2, 0.25) is 11.8 Å². The Morgan fingerprint density at radius 3 is 2.20 bits per heavy atom. The van der Waals surface area contributed by atoms with Gasteiger partial charge in [0.05, 0.1) is 25.0 Å². The van der Waals surface area contributed by atoms with Crippen molar-refractivity contribution in [3.05, 3.63) is 12.2 Å². The molecule has 2 aliphatic carbocycles. The van der Waals surface area contributed by atoms with Crippen LogP contribution in [0.1, 0.15) is 6.42 Å². The second kappa shape index (κ2) is 2.92. The maximum absolute atomic E-state index is 11.9. The average molecular weight is 207 g/mol. The molecular weight excluding hydrogens is 194 g/mol. The smallest absolute Gasteiger partial charge is 0.233 e. The Morgan fingerprint density at radius 2 is 1.73 bits per heavy atom. The molecule has 0 spiro atoms. The highest BCUT2D eigenvalue weighted by Crippen LogP contribution is 2.52. The summed E-state index contributed by atoms with van der Waals surface area (Å²) in [5.41, 5.74) is 0. The Labute approximate surface area is 87.6 Å². The predicted molar refractivity (Wildman–Crippen MR) is 51.5 cm³/mol. The van der Waals surface area contributed by atoms with Crippen LogP contribution in [0.4, 0.5) is 0 Å². The number of aliphatic hydroxyl groups excluding tert-OH is 1. The van der Waals surface area contributed by atoms with Gasteiger partial charge < -0.3 is 5.11 Å². The summed E-state index contributed by atoms with van der Waals surface area (Å²) in [6.45, 7) is 0.0176. The molecule has 15 heavy (non-hydrogen) atoms. The van der Waals surface area contributed by atoms with Crippen LogP contribution in [0.15, 0.2) is 12.2 Å². The molecule has 0 aromatic rings. The molecule has 1 heterocycles. The number of carbonyl (C=O) groups excluding carboxylic acids is 2. The Kier molecular flexibility index (Phi) is 1.77. The lowest BCUT2D eigenvalue weighted by Crippen LogP contribution is -2.35. The average Bonchev–Trinajstić information content (AvgIpc) is 2.87. The van der Waals surface area contributed by atoms with Crippen LogP contribution in [0.2, 0.25) is 0 Å². The zero-order valence-corrected chi connectivity index (χ0v) is 8.30. The molecule has 4 heteroatoms. The van der Waals surface area contributed by atoms with E-state index in [9.17, 15) is 9.59 Å². The van der Waals surface area contributed by atoms with Crippen LogP contribution in [0, 0.1) is 23.7 Å². The van der Waals surface area contributed by atoms with Gasteiger partial charge in [-0.3, -0.25) is 14.5 Å². The number of hydrogen-bond acceptors (Lipinski definition) is 3. The molecule has 4 atom stereocenters. The molecule has 2 amide bonds. The van der Waals surface area contributed by atoms with Gasteiger partial charge in [-0.2, -0.15) is 0 Å². The standard InChI is InChI=1S/C11H13NO3/c13-4-3-12-10(14)8-6-1-2-7(5-6)9(8)11(12)15/h1-2,6-9,13H,3-5H2/t6-,7+,8-,9+. The second-order valence-electron chi connectivity index (χ2n) is 4.55. The highest BCUT2D eigenvalue weighted by molar-refractivity contribution is 6.06. The van der Waals surface area contributed by atoms with E-state index in [1.807, 2.05) is 0 Å². The number of nitrogens with zero attached hydrogens (tertiary/aromatic N) is 1. The van der Waals surface area contributed by atoms with Crippen molar-refractivity contribution in [3.8, 4) is 0 Å². The summed E-state index contributed by atoms with van der Waals surface area (Å²) in [5.74, 6) is 0.130. The Balaban J connectivity index is 1.93. The molecule has 2 fully saturated rings. The van der Waals surface area contributed by atoms with Crippen molar-refractivity contribution in [2.75, 3.05) is 13.2 Å². The molecule has 1 saturated heterocycles. The first-order valence-corrected chi connectivity index (χ1v) is 5.38. The van der Waals surface area contributed by atoms with E-state index >= 15 is 0 Å². The van der Waals surface area contributed by atoms with E-state index in [2.05, 4.69) is 12.2 Å². The summed E-state index contributed by atoms with van der Waals surface area (Å²) in [6.07, 6.45) is 5.10. The third-order valence-electron chi connectivity index (χ3n) is 3.89. The third-order valence-corrected chi connectivity index (χ3v) is 3.89. The second-order valence-corrected chi connectivity index (χ2v) is 4.55. The number of fused-ring (bicyclic) bond motifs is 5. The van der Waals surface area contributed by atoms with Crippen molar-refractivity contribution in [2.45, 2.75) is 6.42 Å². The van der Waals surface area contributed by atoms with Gasteiger partial charge in [0.15, 0.2) is 0 Å². The van der Waals surface area contributed by atoms with Crippen molar-refractivity contribution >= 4 is 11.8 Å². The minimum atomic E-state index is -0.139. The highest BCUT2D eigenvalue weighted by atomic mass is 16.3. The van der Waals surface area contributed by atoms with Crippen LogP contribution in [0.5, 0.6) is 0 Å². The normalized spacial score (nSPS) is 41.8. The Morgan fingerprint density at radius 1 is 1.20 bits per heavy atom. The molecule has 0 radical (unpaired) electrons. The molecular formula is C11H13NO3. The maximum atomic E-state index is 11.9. The van der Waals surface area contributed by atoms with E-state index in [0.29, 0.717) is 0 Å². The number of rotatable bonds is 2. The first kappa shape index (κ1) is 9.09. The van der Waals surface area contributed by atoms with Crippen molar-refractivity contribution in [1.82, 2.24) is 4.90 Å². The number of carbonyl (C=O) groups is 2. The lowest BCUT2D eigenvalue weighted by atomic mass is 9.85. The lowest BCUT2D eigenvalue weighted by Gasteiger charge is -2.15. The van der Waals surface area contributed by atoms with E-state index in [0.717, 1.165) is 6.42 Å². The molecule has 1 saturated carbocycles. The zero-order valence-electron chi connectivity index (χ0n) is 8.30. The van der Waals surface area contributed by atoms with Crippen LogP contribution < -0.4 is 0 Å². The van der Waals surface area contributed by atoms with Gasteiger partial charge in [0, 0.05) is 0 Å². The number of likely N-dealkylation sites (tertiary alicyclic amines) is 1. The number of β-amino-alcohol motifs (C(OH)–C–C–N with tert-alkyl or cyclic N) is 1. The minimum Gasteiger partial charge on any atom is -0.395 e. The first-order chi connectivity index (χ1) is 7.24. The molecule has 0 aromatic heterocycles. The minimum absolute atomic E-state index is 0.0732. The Hall–Kier alpha value is -1.16. The molecule has 4 nitrogen and oxygen atoms in total. The summed E-state index contributed by atoms with van der Waals surface area (Å²) in [5, 5.41) is 8.81. The fraction of sp³-hybridized carbons (Fsp3) is 0.636. The van der Waals surface area contributed by atoms with Gasteiger partial charge in [-0.15, -0.1) is 0 Å². The fourth-order valence-electron chi connectivity index (χ4n) is 3.28. The van der Waals surface area contributed by atoms with Crippen molar-refractivity contribution < 1.29 is 14.7 Å². The maximum Gasteiger partial charge on any atom is 0.233 e. The van der Waals surface area contributed by atoms with E-state index in [1.165, 1.54) is 4.90 Å². The summed E-state index contributed by atoms with van der Waals surface area (Å²) in [7, 11) is 0. The summed E-state index contributed by atoms with van der Waals surface area (Å²) in [6, 6.07) is 0. The quantitative estimate of drug-likeness (QED) is 0.503. The van der Waals surface area contributed by atoms with Gasteiger partial charge in [-0.1, -0.05) is 12.2 Å². The highest BCUT2D eigenvalue weighted by Gasteiger charge is 2.58. The summed E-state index contributed by atoms with van der Waals surface area (Å²) in [4.78, 5) is 25.1. The van der Waals surface area contributed by atoms with Crippen LogP contribution >= 0.6 is 0 Å². The molecule has 1 N–H and O–H groups in total. The van der Waals surface area contributed by atoms with Gasteiger partial charge >= 0.3 is 0 Å². The third kappa shape index (κ3) is 1.00. The molecule has 0 aromatic carbocycles. The molecule has 3 rings (SSSR count). The number of allylic oxidation sites excluding steroid dienone is 2. The largest absolute Gasteiger partial charge is 0.395 e. The van der Waals surface area contributed by atoms with Crippen molar-refractivity contribution in [2.24, 2.45) is 23.7 Å². The number of hydrogen-bond donors (Lipinski definition) is 1. The van der Waals surface area contributed by atoms with Gasteiger partial charge in [-0.05, 0) is 18.3 Å². The van der Waals surface area contributed by atoms with Crippen LogP contribution in [0.25, 0.3) is 0 Å². The van der Waals surface area contributed by atoms with E-state index in [4.69, 9.17) is 5.11 Å². The fourth-order valence-corrected chi connectivity index (χ4v) is 3.28. The number of imide groups is 1. The van der Waals surface area contributed by atoms with E-state index < -0.39 is 0 Å². The molecule has 0 unspecified atom stereocenters. The molecule has 2 bridgehead atoms. The van der Waals surface area contributed by atoms with Crippen LogP contribution in [-0.2, 0) is 9.59 Å². The lowest BCUT2D eigenvalue weighted by molar-refractivity contribution is -0.141. The number of amides is 2. The predicted octanol–water partition coefficient (Wildman–Crippen LogP) is -0.214. The molecule has 80 valence electrons. The summed E-state index contributed by atoms with van der Waals surface area (Å²) >= 11 is 0. The van der Waals surface area contributed by atoms with Crippen molar-refractivity contribution in [1.29, 1.82) is 0 Å². The van der Waals surface area contributed by atoms with Gasteiger partial charge in [-0.25, -0.2) is 0 Å². The van der Waals surface area contributed by atoms with Gasteiger partial charge in [0.1, 0.15) is 0 Å². The summed E-state index contributed by atoms with van der Waals surface area (Å²) < 4.78 is 0. The Bertz CT molecular complexity index is 333. The van der Waals surface area contributed by atoms with E-state index in [1.54, 1.807) is 0 Å². The van der Waals surface area contributed by atoms with Crippen molar-refractivity contribution in [3.63, 3.8) is 0 Å². The SMILES string of the molecule is O=C1[C@@H]2[C@H](C(=O)N1CCO)[C@@H]1C=C[C@H]2C1. The van der Waals surface area contributed by atoms with Crippen LogP contribution in [-0.4, -0.2) is 35.0 Å². The van der Waals surface area contributed by atoms with Gasteiger partial charge in [0.25, 0.3) is 0 Å². The zero-order chi connectivity index (χ0) is 10.6. The topological polar surface area (TPSA) is 57.6 Å².